The number of amides is 1. The maximum atomic E-state index is 12.1. The van der Waals surface area contributed by atoms with Gasteiger partial charge in [0.2, 0.25) is 0 Å². The van der Waals surface area contributed by atoms with Gasteiger partial charge in [0.05, 0.1) is 0 Å². The van der Waals surface area contributed by atoms with Crippen LogP contribution in [0.1, 0.15) is 51.5 Å². The maximum absolute atomic E-state index is 12.1. The molecule has 0 spiro atoms. The fraction of sp³-hybridized carbons (Fsp3) is 0.600. The number of hydrogen-bond donors (Lipinski definition) is 1. The van der Waals surface area contributed by atoms with E-state index in [0.29, 0.717) is 5.69 Å². The summed E-state index contributed by atoms with van der Waals surface area (Å²) >= 11 is 0. The lowest BCUT2D eigenvalue weighted by atomic mass is 10.2. The van der Waals surface area contributed by atoms with E-state index in [1.807, 2.05) is 23.8 Å². The number of esters is 1. The molecule has 0 fully saturated rings. The van der Waals surface area contributed by atoms with Crippen molar-refractivity contribution in [3.8, 4) is 0 Å². The Bertz CT molecular complexity index is 472. The van der Waals surface area contributed by atoms with Gasteiger partial charge in [-0.2, -0.15) is 0 Å². The van der Waals surface area contributed by atoms with E-state index in [1.165, 1.54) is 0 Å². The Kier molecular flexibility index (Phi) is 5.36. The second-order valence-corrected chi connectivity index (χ2v) is 5.82. The molecule has 1 rings (SSSR count). The third-order valence-corrected chi connectivity index (χ3v) is 2.63. The second kappa shape index (κ2) is 6.59. The van der Waals surface area contributed by atoms with Gasteiger partial charge in [-0.1, -0.05) is 6.92 Å². The molecule has 0 aliphatic heterocycles. The van der Waals surface area contributed by atoms with E-state index in [4.69, 9.17) is 4.74 Å². The Labute approximate surface area is 120 Å². The van der Waals surface area contributed by atoms with Gasteiger partial charge in [-0.15, -0.1) is 0 Å². The largest absolute Gasteiger partial charge is 0.458 e. The highest BCUT2D eigenvalue weighted by Gasteiger charge is 2.24. The molecule has 1 N–H and O–H groups in total. The van der Waals surface area contributed by atoms with Crippen LogP contribution in [0.2, 0.25) is 0 Å². The van der Waals surface area contributed by atoms with E-state index in [2.05, 4.69) is 5.32 Å². The summed E-state index contributed by atoms with van der Waals surface area (Å²) in [6.07, 6.45) is 2.80. The number of ether oxygens (including phenoxy) is 1. The summed E-state index contributed by atoms with van der Waals surface area (Å²) in [6, 6.07) is 2.89. The smallest absolute Gasteiger partial charge is 0.328 e. The zero-order chi connectivity index (χ0) is 15.3. The number of rotatable bonds is 5. The molecule has 0 saturated carbocycles. The van der Waals surface area contributed by atoms with E-state index in [1.54, 1.807) is 33.8 Å². The first-order valence-electron chi connectivity index (χ1n) is 6.93. The van der Waals surface area contributed by atoms with Crippen LogP contribution in [0.5, 0.6) is 0 Å². The summed E-state index contributed by atoms with van der Waals surface area (Å²) in [7, 11) is 0. The van der Waals surface area contributed by atoms with Crippen molar-refractivity contribution >= 4 is 11.9 Å². The third kappa shape index (κ3) is 4.72. The van der Waals surface area contributed by atoms with Crippen molar-refractivity contribution in [2.45, 2.75) is 59.2 Å². The van der Waals surface area contributed by atoms with Crippen LogP contribution < -0.4 is 5.32 Å². The number of aromatic nitrogens is 1. The second-order valence-electron chi connectivity index (χ2n) is 5.82. The van der Waals surface area contributed by atoms with Gasteiger partial charge in [-0.3, -0.25) is 4.79 Å². The summed E-state index contributed by atoms with van der Waals surface area (Å²) in [6.45, 7) is 9.84. The normalized spacial score (nSPS) is 12.8. The maximum Gasteiger partial charge on any atom is 0.328 e. The summed E-state index contributed by atoms with van der Waals surface area (Å²) < 4.78 is 7.11. The SMILES string of the molecule is CCCn1cccc1C(=O)N[C@@H](C)C(=O)OC(C)(C)C. The van der Waals surface area contributed by atoms with Crippen molar-refractivity contribution in [3.63, 3.8) is 0 Å². The van der Waals surface area contributed by atoms with Gasteiger partial charge in [0.25, 0.3) is 5.91 Å². The molecule has 1 atom stereocenters. The van der Waals surface area contributed by atoms with E-state index in [9.17, 15) is 9.59 Å². The van der Waals surface area contributed by atoms with Gasteiger partial charge in [-0.25, -0.2) is 4.79 Å². The first kappa shape index (κ1) is 16.3. The fourth-order valence-corrected chi connectivity index (χ4v) is 1.78. The predicted octanol–water partition coefficient (Wildman–Crippen LogP) is 2.36. The van der Waals surface area contributed by atoms with Crippen LogP contribution in [0.3, 0.4) is 0 Å². The molecule has 1 aromatic rings. The lowest BCUT2D eigenvalue weighted by Crippen LogP contribution is -2.42. The van der Waals surface area contributed by atoms with Crippen molar-refractivity contribution in [1.29, 1.82) is 0 Å². The molecule has 5 heteroatoms. The first-order chi connectivity index (χ1) is 9.24. The number of carbonyl (C=O) groups is 2. The zero-order valence-corrected chi connectivity index (χ0v) is 12.9. The minimum atomic E-state index is -0.674. The van der Waals surface area contributed by atoms with Crippen molar-refractivity contribution in [3.05, 3.63) is 24.0 Å². The molecule has 0 saturated heterocycles. The zero-order valence-electron chi connectivity index (χ0n) is 12.9. The summed E-state index contributed by atoms with van der Waals surface area (Å²) in [4.78, 5) is 24.0. The van der Waals surface area contributed by atoms with Gasteiger partial charge in [-0.05, 0) is 46.2 Å². The third-order valence-electron chi connectivity index (χ3n) is 2.63. The molecule has 1 amide bonds. The molecule has 112 valence electrons. The molecular weight excluding hydrogens is 256 g/mol. The lowest BCUT2D eigenvalue weighted by molar-refractivity contribution is -0.156. The Morgan fingerprint density at radius 3 is 2.60 bits per heavy atom. The average Bonchev–Trinajstić information content (AvgIpc) is 2.75. The van der Waals surface area contributed by atoms with Crippen LogP contribution in [-0.4, -0.2) is 28.1 Å². The highest BCUT2D eigenvalue weighted by atomic mass is 16.6. The molecule has 1 aromatic heterocycles. The van der Waals surface area contributed by atoms with Gasteiger partial charge >= 0.3 is 5.97 Å². The molecule has 0 aliphatic rings. The molecule has 20 heavy (non-hydrogen) atoms. The summed E-state index contributed by atoms with van der Waals surface area (Å²) in [5, 5.41) is 2.67. The van der Waals surface area contributed by atoms with E-state index >= 15 is 0 Å². The molecule has 5 nitrogen and oxygen atoms in total. The highest BCUT2D eigenvalue weighted by molar-refractivity contribution is 5.95. The Hall–Kier alpha value is -1.78. The van der Waals surface area contributed by atoms with Gasteiger partial charge in [0.1, 0.15) is 17.3 Å². The molecule has 0 radical (unpaired) electrons. The van der Waals surface area contributed by atoms with Crippen molar-refractivity contribution in [2.24, 2.45) is 0 Å². The average molecular weight is 280 g/mol. The van der Waals surface area contributed by atoms with Crippen LogP contribution >= 0.6 is 0 Å². The van der Waals surface area contributed by atoms with E-state index in [-0.39, 0.29) is 5.91 Å². The van der Waals surface area contributed by atoms with Gasteiger partial charge in [0, 0.05) is 12.7 Å². The minimum absolute atomic E-state index is 0.262. The Morgan fingerprint density at radius 2 is 2.05 bits per heavy atom. The molecule has 0 aliphatic carbocycles. The van der Waals surface area contributed by atoms with Crippen LogP contribution in [-0.2, 0) is 16.1 Å². The standard InChI is InChI=1S/C15H24N2O3/c1-6-9-17-10-7-8-12(17)13(18)16-11(2)14(19)20-15(3,4)5/h7-8,10-11H,6,9H2,1-5H3,(H,16,18)/t11-/m0/s1. The van der Waals surface area contributed by atoms with Crippen molar-refractivity contribution in [2.75, 3.05) is 0 Å². The number of nitrogens with zero attached hydrogens (tertiary/aromatic N) is 1. The van der Waals surface area contributed by atoms with Gasteiger partial charge < -0.3 is 14.6 Å². The van der Waals surface area contributed by atoms with Crippen molar-refractivity contribution in [1.82, 2.24) is 9.88 Å². The number of hydrogen-bond acceptors (Lipinski definition) is 3. The van der Waals surface area contributed by atoms with E-state index in [0.717, 1.165) is 13.0 Å². The molecule has 0 aromatic carbocycles. The fourth-order valence-electron chi connectivity index (χ4n) is 1.78. The molecule has 0 bridgehead atoms. The monoisotopic (exact) mass is 280 g/mol. The molecular formula is C15H24N2O3. The number of nitrogens with one attached hydrogen (secondary N) is 1. The molecule has 1 heterocycles. The number of carbonyl (C=O) groups excluding carboxylic acids is 2. The van der Waals surface area contributed by atoms with Crippen LogP contribution in [0.4, 0.5) is 0 Å². The van der Waals surface area contributed by atoms with Crippen molar-refractivity contribution < 1.29 is 14.3 Å². The Morgan fingerprint density at radius 1 is 1.40 bits per heavy atom. The Balaban J connectivity index is 2.65. The van der Waals surface area contributed by atoms with E-state index < -0.39 is 17.6 Å². The predicted molar refractivity (Wildman–Crippen MR) is 77.5 cm³/mol. The quantitative estimate of drug-likeness (QED) is 0.842. The highest BCUT2D eigenvalue weighted by Crippen LogP contribution is 2.09. The van der Waals surface area contributed by atoms with Crippen LogP contribution in [0.25, 0.3) is 0 Å². The van der Waals surface area contributed by atoms with Crippen LogP contribution in [0, 0.1) is 0 Å². The lowest BCUT2D eigenvalue weighted by Gasteiger charge is -2.22. The molecule has 0 unspecified atom stereocenters. The number of aryl methyl sites for hydroxylation is 1. The first-order valence-corrected chi connectivity index (χ1v) is 6.93. The summed E-state index contributed by atoms with van der Waals surface area (Å²) in [5.74, 6) is -0.693. The minimum Gasteiger partial charge on any atom is -0.458 e. The van der Waals surface area contributed by atoms with Crippen LogP contribution in [0.15, 0.2) is 18.3 Å². The summed E-state index contributed by atoms with van der Waals surface area (Å²) in [5.41, 5.74) is 0.000602. The van der Waals surface area contributed by atoms with Gasteiger partial charge in [0.15, 0.2) is 0 Å². The topological polar surface area (TPSA) is 60.3 Å².